The Morgan fingerprint density at radius 1 is 1.47 bits per heavy atom. The zero-order chi connectivity index (χ0) is 13.6. The van der Waals surface area contributed by atoms with Gasteiger partial charge in [0, 0.05) is 20.1 Å². The third-order valence-electron chi connectivity index (χ3n) is 3.78. The van der Waals surface area contributed by atoms with E-state index in [4.69, 9.17) is 5.73 Å². The van der Waals surface area contributed by atoms with Crippen LogP contribution in [0, 0.1) is 0 Å². The summed E-state index contributed by atoms with van der Waals surface area (Å²) in [5.41, 5.74) is 6.67. The molecule has 0 bridgehead atoms. The first-order chi connectivity index (χ1) is 9.00. The highest BCUT2D eigenvalue weighted by Crippen LogP contribution is 2.39. The van der Waals surface area contributed by atoms with E-state index in [1.54, 1.807) is 0 Å². The van der Waals surface area contributed by atoms with Crippen LogP contribution in [0.3, 0.4) is 0 Å². The molecule has 0 saturated heterocycles. The van der Waals surface area contributed by atoms with Crippen molar-refractivity contribution in [3.05, 3.63) is 27.5 Å². The molecule has 1 aromatic carbocycles. The Labute approximate surface area is 124 Å². The minimum absolute atomic E-state index is 0.0447. The molecule has 3 nitrogen and oxygen atoms in total. The number of nitrogens with two attached hydrogens (primary N) is 1. The number of nitrogens with one attached hydrogen (secondary N) is 1. The monoisotopic (exact) mass is 338 g/mol. The summed E-state index contributed by atoms with van der Waals surface area (Å²) in [5, 5.41) is 4.05. The number of benzene rings is 1. The van der Waals surface area contributed by atoms with E-state index < -0.39 is 0 Å². The van der Waals surface area contributed by atoms with E-state index in [9.17, 15) is 4.79 Å². The van der Waals surface area contributed by atoms with Gasteiger partial charge in [0.15, 0.2) is 0 Å². The van der Waals surface area contributed by atoms with E-state index in [2.05, 4.69) is 28.2 Å². The van der Waals surface area contributed by atoms with E-state index in [0.717, 1.165) is 27.4 Å². The van der Waals surface area contributed by atoms with Gasteiger partial charge >= 0.3 is 0 Å². The molecule has 3 N–H and O–H groups in total. The van der Waals surface area contributed by atoms with Crippen LogP contribution in [-0.2, 0) is 0 Å². The van der Waals surface area contributed by atoms with Crippen LogP contribution in [-0.4, -0.2) is 11.4 Å². The smallest absolute Gasteiger partial charge is 0.263 e. The summed E-state index contributed by atoms with van der Waals surface area (Å²) < 4.78 is 1.98. The maximum absolute atomic E-state index is 12.4. The van der Waals surface area contributed by atoms with Gasteiger partial charge in [0.2, 0.25) is 0 Å². The molecule has 1 amide bonds. The van der Waals surface area contributed by atoms with Crippen LogP contribution in [0.25, 0.3) is 10.1 Å². The fourth-order valence-electron chi connectivity index (χ4n) is 2.46. The molecule has 0 atom stereocenters. The van der Waals surface area contributed by atoms with Crippen LogP contribution in [0.2, 0.25) is 0 Å². The number of rotatable bonds is 2. The quantitative estimate of drug-likeness (QED) is 0.871. The number of fused-ring (bicyclic) bond motifs is 1. The lowest BCUT2D eigenvalue weighted by molar-refractivity contribution is 0.0855. The van der Waals surface area contributed by atoms with Gasteiger partial charge < -0.3 is 11.1 Å². The van der Waals surface area contributed by atoms with Gasteiger partial charge in [-0.15, -0.1) is 11.3 Å². The van der Waals surface area contributed by atoms with Gasteiger partial charge in [0.1, 0.15) is 4.88 Å². The Hall–Kier alpha value is -1.07. The maximum atomic E-state index is 12.4. The molecular formula is C14H15BrN2OS. The van der Waals surface area contributed by atoms with E-state index in [1.807, 2.05) is 18.2 Å². The summed E-state index contributed by atoms with van der Waals surface area (Å²) in [6.07, 6.45) is 3.28. The third kappa shape index (κ3) is 2.15. The molecule has 1 aromatic heterocycles. The summed E-state index contributed by atoms with van der Waals surface area (Å²) in [7, 11) is 0. The Kier molecular flexibility index (Phi) is 3.06. The lowest BCUT2D eigenvalue weighted by atomic mass is 9.78. The van der Waals surface area contributed by atoms with Crippen molar-refractivity contribution < 1.29 is 4.79 Å². The van der Waals surface area contributed by atoms with Gasteiger partial charge in [-0.3, -0.25) is 4.79 Å². The lowest BCUT2D eigenvalue weighted by Crippen LogP contribution is -2.50. The van der Waals surface area contributed by atoms with Crippen LogP contribution in [0.4, 0.5) is 5.69 Å². The lowest BCUT2D eigenvalue weighted by Gasteiger charge is -2.39. The van der Waals surface area contributed by atoms with Crippen LogP contribution < -0.4 is 11.1 Å². The molecule has 1 aliphatic carbocycles. The maximum Gasteiger partial charge on any atom is 0.263 e. The molecule has 1 aliphatic rings. The molecule has 1 heterocycles. The number of hydrogen-bond acceptors (Lipinski definition) is 3. The summed E-state index contributed by atoms with van der Waals surface area (Å²) in [4.78, 5) is 13.0. The average molecular weight is 339 g/mol. The van der Waals surface area contributed by atoms with Crippen molar-refractivity contribution >= 4 is 48.9 Å². The Morgan fingerprint density at radius 2 is 2.21 bits per heavy atom. The van der Waals surface area contributed by atoms with E-state index in [-0.39, 0.29) is 11.4 Å². The highest BCUT2D eigenvalue weighted by Gasteiger charge is 2.34. The normalized spacial score (nSPS) is 17.2. The highest BCUT2D eigenvalue weighted by atomic mass is 79.9. The fraction of sp³-hybridized carbons (Fsp3) is 0.357. The summed E-state index contributed by atoms with van der Waals surface area (Å²) in [6.45, 7) is 2.09. The standard InChI is InChI=1S/C14H15BrN2OS/c1-14(6-3-7-14)17-13(18)12-11(16)10-8(15)4-2-5-9(10)19-12/h2,4-5H,3,6-7,16H2,1H3,(H,17,18). The van der Waals surface area contributed by atoms with Gasteiger partial charge in [0.25, 0.3) is 5.91 Å². The van der Waals surface area contributed by atoms with Crippen molar-refractivity contribution in [1.82, 2.24) is 5.32 Å². The predicted octanol–water partition coefficient (Wildman–Crippen LogP) is 3.92. The Morgan fingerprint density at radius 3 is 2.79 bits per heavy atom. The zero-order valence-electron chi connectivity index (χ0n) is 10.6. The first-order valence-corrected chi connectivity index (χ1v) is 7.90. The molecule has 3 rings (SSSR count). The van der Waals surface area contributed by atoms with E-state index in [1.165, 1.54) is 17.8 Å². The number of hydrogen-bond donors (Lipinski definition) is 2. The molecule has 1 saturated carbocycles. The zero-order valence-corrected chi connectivity index (χ0v) is 13.0. The highest BCUT2D eigenvalue weighted by molar-refractivity contribution is 9.10. The number of nitrogen functional groups attached to an aromatic ring is 1. The largest absolute Gasteiger partial charge is 0.397 e. The second kappa shape index (κ2) is 4.49. The van der Waals surface area contributed by atoms with Gasteiger partial charge in [-0.2, -0.15) is 0 Å². The van der Waals surface area contributed by atoms with Crippen LogP contribution in [0.5, 0.6) is 0 Å². The molecular weight excluding hydrogens is 324 g/mol. The number of halogens is 1. The van der Waals surface area contributed by atoms with Crippen molar-refractivity contribution in [2.45, 2.75) is 31.7 Å². The van der Waals surface area contributed by atoms with Gasteiger partial charge in [0.05, 0.1) is 5.69 Å². The van der Waals surface area contributed by atoms with Crippen molar-refractivity contribution in [2.24, 2.45) is 0 Å². The first-order valence-electron chi connectivity index (χ1n) is 6.29. The SMILES string of the molecule is CC1(NC(=O)c2sc3cccc(Br)c3c2N)CCC1. The third-order valence-corrected chi connectivity index (χ3v) is 5.61. The molecule has 0 unspecified atom stereocenters. The molecule has 0 spiro atoms. The second-order valence-electron chi connectivity index (χ2n) is 5.33. The molecule has 2 aromatic rings. The Bertz CT molecular complexity index is 661. The van der Waals surface area contributed by atoms with Crippen molar-refractivity contribution in [1.29, 1.82) is 0 Å². The number of amides is 1. The number of thiophene rings is 1. The number of carbonyl (C=O) groups excluding carboxylic acids is 1. The minimum atomic E-state index is -0.0483. The van der Waals surface area contributed by atoms with Crippen molar-refractivity contribution in [2.75, 3.05) is 5.73 Å². The molecule has 1 fully saturated rings. The topological polar surface area (TPSA) is 55.1 Å². The molecule has 0 radical (unpaired) electrons. The number of anilines is 1. The predicted molar refractivity (Wildman–Crippen MR) is 83.7 cm³/mol. The number of carbonyl (C=O) groups is 1. The van der Waals surface area contributed by atoms with E-state index in [0.29, 0.717) is 10.6 Å². The Balaban J connectivity index is 1.98. The van der Waals surface area contributed by atoms with Crippen LogP contribution >= 0.6 is 27.3 Å². The molecule has 100 valence electrons. The molecule has 5 heteroatoms. The summed E-state index contributed by atoms with van der Waals surface area (Å²) in [6, 6.07) is 5.89. The second-order valence-corrected chi connectivity index (χ2v) is 7.23. The fourth-order valence-corrected chi connectivity index (χ4v) is 4.22. The van der Waals surface area contributed by atoms with Crippen molar-refractivity contribution in [3.8, 4) is 0 Å². The summed E-state index contributed by atoms with van der Waals surface area (Å²) >= 11 is 4.95. The van der Waals surface area contributed by atoms with Crippen LogP contribution in [0.15, 0.2) is 22.7 Å². The van der Waals surface area contributed by atoms with Crippen LogP contribution in [0.1, 0.15) is 35.9 Å². The first kappa shape index (κ1) is 12.9. The van der Waals surface area contributed by atoms with Crippen molar-refractivity contribution in [3.63, 3.8) is 0 Å². The molecule has 19 heavy (non-hydrogen) atoms. The minimum Gasteiger partial charge on any atom is -0.397 e. The molecule has 0 aliphatic heterocycles. The van der Waals surface area contributed by atoms with Gasteiger partial charge in [-0.05, 0) is 38.3 Å². The van der Waals surface area contributed by atoms with Gasteiger partial charge in [-0.1, -0.05) is 22.0 Å². The van der Waals surface area contributed by atoms with Gasteiger partial charge in [-0.25, -0.2) is 0 Å². The van der Waals surface area contributed by atoms with E-state index >= 15 is 0 Å². The summed E-state index contributed by atoms with van der Waals surface area (Å²) in [5.74, 6) is -0.0483. The average Bonchev–Trinajstić information content (AvgIpc) is 2.66.